The summed E-state index contributed by atoms with van der Waals surface area (Å²) in [5, 5.41) is 30.5. The zero-order valence-corrected chi connectivity index (χ0v) is 20.1. The van der Waals surface area contributed by atoms with Crippen molar-refractivity contribution in [3.63, 3.8) is 0 Å². The number of unbranched alkanes of at least 4 members (excludes halogenated alkanes) is 1. The van der Waals surface area contributed by atoms with Crippen LogP contribution in [-0.2, 0) is 35.3 Å². The molecule has 0 saturated carbocycles. The number of hydrogen-bond acceptors (Lipinski definition) is 9. The maximum absolute atomic E-state index is 13.0. The summed E-state index contributed by atoms with van der Waals surface area (Å²) in [6.07, 6.45) is -2.08. The molecule has 0 spiro atoms. The van der Waals surface area contributed by atoms with E-state index >= 15 is 0 Å². The number of nitrogens with two attached hydrogens (primary N) is 1. The van der Waals surface area contributed by atoms with E-state index in [-0.39, 0.29) is 42.2 Å². The van der Waals surface area contributed by atoms with Gasteiger partial charge in [0, 0.05) is 13.0 Å². The molecule has 0 aliphatic carbocycles. The van der Waals surface area contributed by atoms with Crippen molar-refractivity contribution >= 4 is 41.8 Å². The molecule has 2 unspecified atom stereocenters. The summed E-state index contributed by atoms with van der Waals surface area (Å²) in [6, 6.07) is 1.58. The third-order valence-electron chi connectivity index (χ3n) is 5.63. The number of alkyl carbamates (subject to hydrolysis) is 1. The van der Waals surface area contributed by atoms with E-state index in [9.17, 15) is 43.8 Å². The van der Waals surface area contributed by atoms with Gasteiger partial charge in [-0.1, -0.05) is 30.3 Å². The molecule has 1 aromatic rings. The van der Waals surface area contributed by atoms with Crippen molar-refractivity contribution in [2.24, 2.45) is 5.73 Å². The Morgan fingerprint density at radius 3 is 1.97 bits per heavy atom. The molecule has 1 fully saturated rings. The van der Waals surface area contributed by atoms with Gasteiger partial charge in [0.1, 0.15) is 18.7 Å². The van der Waals surface area contributed by atoms with E-state index in [2.05, 4.69) is 5.32 Å². The number of rotatable bonds is 14. The van der Waals surface area contributed by atoms with Gasteiger partial charge in [-0.25, -0.2) is 29.0 Å². The number of amides is 5. The molecule has 206 valence electrons. The second-order valence-electron chi connectivity index (χ2n) is 8.30. The van der Waals surface area contributed by atoms with Gasteiger partial charge in [-0.3, -0.25) is 14.4 Å². The molecular weight excluding hydrogens is 508 g/mol. The summed E-state index contributed by atoms with van der Waals surface area (Å²) in [6.45, 7) is 0.133. The lowest BCUT2D eigenvalue weighted by molar-refractivity contribution is -0.159. The fraction of sp³-hybridized carbons (Fsp3) is 0.435. The van der Waals surface area contributed by atoms with Crippen LogP contribution in [0.3, 0.4) is 0 Å². The molecule has 15 nitrogen and oxygen atoms in total. The zero-order valence-electron chi connectivity index (χ0n) is 20.1. The Kier molecular flexibility index (Phi) is 10.7. The van der Waals surface area contributed by atoms with E-state index in [1.807, 2.05) is 6.07 Å². The zero-order chi connectivity index (χ0) is 28.4. The van der Waals surface area contributed by atoms with Crippen molar-refractivity contribution < 1.29 is 53.6 Å². The van der Waals surface area contributed by atoms with Gasteiger partial charge in [-0.15, -0.1) is 0 Å². The lowest BCUT2D eigenvalue weighted by Gasteiger charge is -2.40. The van der Waals surface area contributed by atoms with Crippen molar-refractivity contribution in [3.05, 3.63) is 35.9 Å². The van der Waals surface area contributed by atoms with Crippen LogP contribution in [0.4, 0.5) is 9.59 Å². The first kappa shape index (κ1) is 29.7. The third-order valence-corrected chi connectivity index (χ3v) is 5.63. The van der Waals surface area contributed by atoms with Gasteiger partial charge in [0.05, 0.1) is 0 Å². The minimum atomic E-state index is -2.05. The van der Waals surface area contributed by atoms with Gasteiger partial charge in [0.2, 0.25) is 0 Å². The van der Waals surface area contributed by atoms with Crippen molar-refractivity contribution in [2.45, 2.75) is 56.8 Å². The standard InChI is InChI=1S/C23H28N4O11/c24-17-18(30)26(23(37)27(19(17)31)15(21(34)35)9-10-16(28)29)14(20(32)33)8-4-5-11-25-22(36)38-12-13-6-2-1-3-7-13/h1-3,6-7,14-15,17H,4-5,8-12,24H2,(H,25,36)(H,28,29)(H,32,33)(H,34,35)/t14?,15-,17?/m0/s1. The number of aliphatic carboxylic acids is 3. The number of nitrogens with zero attached hydrogens (tertiary/aromatic N) is 2. The Balaban J connectivity index is 2.01. The Morgan fingerprint density at radius 1 is 0.895 bits per heavy atom. The number of ether oxygens (including phenoxy) is 1. The Labute approximate surface area is 216 Å². The molecular formula is C23H28N4O11. The molecule has 15 heteroatoms. The first-order chi connectivity index (χ1) is 18.0. The number of imide groups is 2. The highest BCUT2D eigenvalue weighted by molar-refractivity contribution is 6.20. The largest absolute Gasteiger partial charge is 0.481 e. The van der Waals surface area contributed by atoms with E-state index in [0.717, 1.165) is 5.56 Å². The van der Waals surface area contributed by atoms with Crippen molar-refractivity contribution in [3.8, 4) is 0 Å². The number of barbiturate groups is 1. The molecule has 0 bridgehead atoms. The first-order valence-corrected chi connectivity index (χ1v) is 11.5. The van der Waals surface area contributed by atoms with Crippen LogP contribution in [-0.4, -0.2) is 91.6 Å². The summed E-state index contributed by atoms with van der Waals surface area (Å²) in [4.78, 5) is 84.8. The van der Waals surface area contributed by atoms with Crippen LogP contribution in [0.25, 0.3) is 0 Å². The molecule has 0 aromatic heterocycles. The summed E-state index contributed by atoms with van der Waals surface area (Å²) in [7, 11) is 0. The van der Waals surface area contributed by atoms with Crippen LogP contribution in [0.5, 0.6) is 0 Å². The molecule has 2 rings (SSSR count). The molecule has 3 atom stereocenters. The molecule has 38 heavy (non-hydrogen) atoms. The molecule has 1 aromatic carbocycles. The maximum Gasteiger partial charge on any atom is 0.407 e. The quantitative estimate of drug-likeness (QED) is 0.156. The smallest absolute Gasteiger partial charge is 0.407 e. The molecule has 5 amide bonds. The topological polar surface area (TPSA) is 234 Å². The summed E-state index contributed by atoms with van der Waals surface area (Å²) < 4.78 is 5.05. The van der Waals surface area contributed by atoms with Crippen molar-refractivity contribution in [2.75, 3.05) is 6.54 Å². The molecule has 0 radical (unpaired) electrons. The monoisotopic (exact) mass is 536 g/mol. The first-order valence-electron chi connectivity index (χ1n) is 11.5. The van der Waals surface area contributed by atoms with Gasteiger partial charge < -0.3 is 31.1 Å². The second-order valence-corrected chi connectivity index (χ2v) is 8.30. The number of carbonyl (C=O) groups is 7. The van der Waals surface area contributed by atoms with Crippen LogP contribution in [0.2, 0.25) is 0 Å². The summed E-state index contributed by atoms with van der Waals surface area (Å²) >= 11 is 0. The number of nitrogens with one attached hydrogen (secondary N) is 1. The van der Waals surface area contributed by atoms with Gasteiger partial charge in [0.25, 0.3) is 11.8 Å². The normalized spacial score (nSPS) is 17.1. The number of hydrogen-bond donors (Lipinski definition) is 5. The van der Waals surface area contributed by atoms with Gasteiger partial charge in [0.15, 0.2) is 6.04 Å². The van der Waals surface area contributed by atoms with E-state index in [0.29, 0.717) is 0 Å². The van der Waals surface area contributed by atoms with E-state index < -0.39 is 72.8 Å². The lowest BCUT2D eigenvalue weighted by Crippen LogP contribution is -2.70. The van der Waals surface area contributed by atoms with Gasteiger partial charge in [-0.2, -0.15) is 0 Å². The van der Waals surface area contributed by atoms with Crippen molar-refractivity contribution in [1.82, 2.24) is 15.1 Å². The molecule has 1 saturated heterocycles. The Morgan fingerprint density at radius 2 is 1.45 bits per heavy atom. The predicted molar refractivity (Wildman–Crippen MR) is 125 cm³/mol. The average molecular weight is 536 g/mol. The van der Waals surface area contributed by atoms with Crippen LogP contribution >= 0.6 is 0 Å². The van der Waals surface area contributed by atoms with E-state index in [1.54, 1.807) is 24.3 Å². The second kappa shape index (κ2) is 13.7. The number of benzene rings is 1. The highest BCUT2D eigenvalue weighted by atomic mass is 16.5. The highest BCUT2D eigenvalue weighted by Crippen LogP contribution is 2.23. The number of urea groups is 1. The molecule has 1 aliphatic rings. The van der Waals surface area contributed by atoms with Gasteiger partial charge >= 0.3 is 30.0 Å². The van der Waals surface area contributed by atoms with Crippen LogP contribution in [0.1, 0.15) is 37.7 Å². The van der Waals surface area contributed by atoms with Crippen molar-refractivity contribution in [1.29, 1.82) is 0 Å². The fourth-order valence-corrected chi connectivity index (χ4v) is 3.70. The number of carboxylic acids is 3. The molecule has 1 aliphatic heterocycles. The lowest BCUT2D eigenvalue weighted by atomic mass is 10.0. The fourth-order valence-electron chi connectivity index (χ4n) is 3.70. The molecule has 1 heterocycles. The van der Waals surface area contributed by atoms with E-state index in [4.69, 9.17) is 15.6 Å². The highest BCUT2D eigenvalue weighted by Gasteiger charge is 2.52. The predicted octanol–water partition coefficient (Wildman–Crippen LogP) is -0.0276. The minimum absolute atomic E-state index is 0.0478. The average Bonchev–Trinajstić information content (AvgIpc) is 2.86. The SMILES string of the molecule is NC1C(=O)N(C(CCCCNC(=O)OCc2ccccc2)C(=O)O)C(=O)N([C@@H](CCC(=O)O)C(=O)O)C1=O. The molecule has 6 N–H and O–H groups in total. The number of carboxylic acid groups (broad SMARTS) is 3. The Hall–Kier alpha value is -4.53. The maximum atomic E-state index is 13.0. The van der Waals surface area contributed by atoms with Crippen LogP contribution in [0, 0.1) is 0 Å². The number of carbonyl (C=O) groups excluding carboxylic acids is 4. The summed E-state index contributed by atoms with van der Waals surface area (Å²) in [5.41, 5.74) is 6.36. The third kappa shape index (κ3) is 7.73. The Bertz CT molecular complexity index is 1080. The van der Waals surface area contributed by atoms with Crippen LogP contribution < -0.4 is 11.1 Å². The van der Waals surface area contributed by atoms with E-state index in [1.165, 1.54) is 0 Å². The minimum Gasteiger partial charge on any atom is -0.481 e. The van der Waals surface area contributed by atoms with Gasteiger partial charge in [-0.05, 0) is 31.2 Å². The summed E-state index contributed by atoms with van der Waals surface area (Å²) in [5.74, 6) is -7.44. The van der Waals surface area contributed by atoms with Crippen LogP contribution in [0.15, 0.2) is 30.3 Å².